The standard InChI is InChI=1S/C9H20O2SSi/c1-9(2,10-3)8(12-4)11-13(5,6)7/h3H2,1-2,4-7H3. The summed E-state index contributed by atoms with van der Waals surface area (Å²) >= 11 is 1.59. The van der Waals surface area contributed by atoms with Crippen molar-refractivity contribution in [1.82, 2.24) is 0 Å². The Bertz CT molecular complexity index is 154. The topological polar surface area (TPSA) is 18.5 Å². The highest BCUT2D eigenvalue weighted by Gasteiger charge is 2.34. The molecule has 0 saturated heterocycles. The molecule has 0 aromatic rings. The lowest BCUT2D eigenvalue weighted by atomic mass is 10.1. The summed E-state index contributed by atoms with van der Waals surface area (Å²) < 4.78 is 11.0. The minimum absolute atomic E-state index is 0.403. The molecule has 2 radical (unpaired) electrons. The molecule has 0 N–H and O–H groups in total. The zero-order valence-corrected chi connectivity index (χ0v) is 11.2. The van der Waals surface area contributed by atoms with Gasteiger partial charge in [0, 0.05) is 0 Å². The third-order valence-electron chi connectivity index (χ3n) is 1.44. The van der Waals surface area contributed by atoms with Crippen LogP contribution >= 0.6 is 11.8 Å². The van der Waals surface area contributed by atoms with Crippen LogP contribution in [-0.4, -0.2) is 20.2 Å². The Morgan fingerprint density at radius 3 is 2.00 bits per heavy atom. The van der Waals surface area contributed by atoms with E-state index in [1.165, 1.54) is 0 Å². The smallest absolute Gasteiger partial charge is 0.185 e. The van der Waals surface area contributed by atoms with Crippen molar-refractivity contribution in [2.24, 2.45) is 0 Å². The molecule has 4 heteroatoms. The monoisotopic (exact) mass is 220 g/mol. The molecule has 0 aromatic carbocycles. The van der Waals surface area contributed by atoms with E-state index in [-0.39, 0.29) is 0 Å². The second-order valence-corrected chi connectivity index (χ2v) is 9.57. The Hall–Kier alpha value is 0.487. The van der Waals surface area contributed by atoms with Crippen molar-refractivity contribution in [2.75, 3.05) is 6.26 Å². The third kappa shape index (κ3) is 5.05. The normalized spacial score (nSPS) is 13.8. The zero-order valence-electron chi connectivity index (χ0n) is 9.43. The first kappa shape index (κ1) is 13.5. The lowest BCUT2D eigenvalue weighted by molar-refractivity contribution is 0.0348. The molecule has 0 spiro atoms. The van der Waals surface area contributed by atoms with E-state index in [1.807, 2.05) is 20.1 Å². The molecule has 0 rings (SSSR count). The fraction of sp³-hybridized carbons (Fsp3) is 0.778. The molecule has 0 atom stereocenters. The Morgan fingerprint density at radius 2 is 1.77 bits per heavy atom. The van der Waals surface area contributed by atoms with Gasteiger partial charge in [0.15, 0.2) is 13.8 Å². The summed E-state index contributed by atoms with van der Waals surface area (Å²) in [6, 6.07) is 0. The maximum Gasteiger partial charge on any atom is 0.185 e. The summed E-state index contributed by atoms with van der Waals surface area (Å²) in [5.74, 6) is 0. The van der Waals surface area contributed by atoms with Gasteiger partial charge in [-0.15, -0.1) is 11.8 Å². The van der Waals surface area contributed by atoms with Crippen LogP contribution in [-0.2, 0) is 9.16 Å². The highest BCUT2D eigenvalue weighted by molar-refractivity contribution is 8.01. The fourth-order valence-corrected chi connectivity index (χ4v) is 3.18. The van der Waals surface area contributed by atoms with Crippen molar-refractivity contribution in [3.63, 3.8) is 0 Å². The molecule has 13 heavy (non-hydrogen) atoms. The fourth-order valence-electron chi connectivity index (χ4n) is 0.747. The molecule has 78 valence electrons. The summed E-state index contributed by atoms with van der Waals surface area (Å²) in [7, 11) is 1.92. The molecule has 2 nitrogen and oxygen atoms in total. The molecule has 0 saturated carbocycles. The number of ether oxygens (including phenoxy) is 1. The Balaban J connectivity index is 4.35. The highest BCUT2D eigenvalue weighted by Crippen LogP contribution is 2.35. The van der Waals surface area contributed by atoms with Crippen LogP contribution in [0.2, 0.25) is 19.6 Å². The van der Waals surface area contributed by atoms with Gasteiger partial charge in [0.1, 0.15) is 5.60 Å². The number of rotatable bonds is 5. The zero-order chi connectivity index (χ0) is 10.7. The lowest BCUT2D eigenvalue weighted by Crippen LogP contribution is -2.38. The molecule has 0 aliphatic rings. The first-order valence-corrected chi connectivity index (χ1v) is 8.90. The molecular weight excluding hydrogens is 200 g/mol. The second-order valence-electron chi connectivity index (χ2n) is 4.36. The van der Waals surface area contributed by atoms with Crippen LogP contribution in [0.25, 0.3) is 0 Å². The van der Waals surface area contributed by atoms with Crippen molar-refractivity contribution in [3.8, 4) is 0 Å². The van der Waals surface area contributed by atoms with Gasteiger partial charge in [0.05, 0.1) is 7.11 Å². The van der Waals surface area contributed by atoms with Crippen LogP contribution in [0.5, 0.6) is 0 Å². The molecule has 0 bridgehead atoms. The highest BCUT2D eigenvalue weighted by atomic mass is 32.2. The maximum atomic E-state index is 5.90. The first-order chi connectivity index (χ1) is 5.73. The molecule has 0 aliphatic carbocycles. The van der Waals surface area contributed by atoms with Gasteiger partial charge in [0.25, 0.3) is 0 Å². The summed E-state index contributed by atoms with van der Waals surface area (Å²) in [6.45, 7) is 10.4. The first-order valence-electron chi connectivity index (χ1n) is 4.26. The van der Waals surface area contributed by atoms with Crippen molar-refractivity contribution >= 4 is 20.1 Å². The van der Waals surface area contributed by atoms with Gasteiger partial charge in [0.2, 0.25) is 0 Å². The van der Waals surface area contributed by atoms with Crippen molar-refractivity contribution in [2.45, 2.75) is 39.1 Å². The van der Waals surface area contributed by atoms with E-state index < -0.39 is 13.9 Å². The molecule has 0 aliphatic heterocycles. The van der Waals surface area contributed by atoms with E-state index in [2.05, 4.69) is 26.8 Å². The maximum absolute atomic E-state index is 5.90. The van der Waals surface area contributed by atoms with Gasteiger partial charge >= 0.3 is 0 Å². The van der Waals surface area contributed by atoms with Crippen LogP contribution in [0.1, 0.15) is 13.8 Å². The van der Waals surface area contributed by atoms with Gasteiger partial charge in [-0.3, -0.25) is 0 Å². The predicted octanol–water partition coefficient (Wildman–Crippen LogP) is 3.28. The number of hydrogen-bond acceptors (Lipinski definition) is 3. The van der Waals surface area contributed by atoms with Crippen molar-refractivity contribution in [1.29, 1.82) is 0 Å². The summed E-state index contributed by atoms with van der Waals surface area (Å²) in [5.41, 5.74) is 0.515. The van der Waals surface area contributed by atoms with Crippen molar-refractivity contribution in [3.05, 3.63) is 12.5 Å². The summed E-state index contributed by atoms with van der Waals surface area (Å²) in [4.78, 5) is 0. The number of hydrogen-bond donors (Lipinski definition) is 0. The molecular formula is C9H20O2SSi. The van der Waals surface area contributed by atoms with Gasteiger partial charge < -0.3 is 9.16 Å². The lowest BCUT2D eigenvalue weighted by Gasteiger charge is -2.34. The molecule has 0 aromatic heterocycles. The Labute approximate surface area is 87.5 Å². The van der Waals surface area contributed by atoms with Gasteiger partial charge in [-0.1, -0.05) is 0 Å². The Morgan fingerprint density at radius 1 is 1.31 bits per heavy atom. The van der Waals surface area contributed by atoms with E-state index in [0.29, 0.717) is 0 Å². The van der Waals surface area contributed by atoms with Gasteiger partial charge in [-0.25, -0.2) is 0 Å². The SMILES string of the molecule is [CH2]OC(C)(C)[C](O[Si](C)(C)C)SC. The van der Waals surface area contributed by atoms with Gasteiger partial charge in [-0.05, 0) is 39.7 Å². The van der Waals surface area contributed by atoms with Crippen LogP contribution < -0.4 is 0 Å². The quantitative estimate of drug-likeness (QED) is 0.663. The number of thioether (sulfide) groups is 1. The van der Waals surface area contributed by atoms with E-state index in [9.17, 15) is 0 Å². The largest absolute Gasteiger partial charge is 0.398 e. The van der Waals surface area contributed by atoms with E-state index in [1.54, 1.807) is 11.8 Å². The van der Waals surface area contributed by atoms with Gasteiger partial charge in [-0.2, -0.15) is 0 Å². The van der Waals surface area contributed by atoms with Crippen LogP contribution in [0.3, 0.4) is 0 Å². The predicted molar refractivity (Wildman–Crippen MR) is 61.7 cm³/mol. The molecule has 0 fully saturated rings. The van der Waals surface area contributed by atoms with Crippen LogP contribution in [0.4, 0.5) is 0 Å². The van der Waals surface area contributed by atoms with Crippen LogP contribution in [0, 0.1) is 12.5 Å². The van der Waals surface area contributed by atoms with Crippen LogP contribution in [0.15, 0.2) is 0 Å². The minimum Gasteiger partial charge on any atom is -0.398 e. The average molecular weight is 220 g/mol. The molecule has 0 unspecified atom stereocenters. The summed E-state index contributed by atoms with van der Waals surface area (Å²) in [6.07, 6.45) is 2.00. The van der Waals surface area contributed by atoms with Crippen molar-refractivity contribution < 1.29 is 9.16 Å². The third-order valence-corrected chi connectivity index (χ3v) is 3.35. The van der Waals surface area contributed by atoms with E-state index >= 15 is 0 Å². The summed E-state index contributed by atoms with van der Waals surface area (Å²) in [5, 5.41) is 0. The van der Waals surface area contributed by atoms with E-state index in [0.717, 1.165) is 5.44 Å². The minimum atomic E-state index is -1.53. The molecule has 0 heterocycles. The average Bonchev–Trinajstić information content (AvgIpc) is 1.98. The second kappa shape index (κ2) is 4.82. The Kier molecular flexibility index (Phi) is 5.00. The molecule has 0 amide bonds. The van der Waals surface area contributed by atoms with E-state index in [4.69, 9.17) is 9.16 Å².